The lowest BCUT2D eigenvalue weighted by Crippen LogP contribution is -2.36. The Morgan fingerprint density at radius 2 is 2.00 bits per heavy atom. The van der Waals surface area contributed by atoms with E-state index in [1.165, 1.54) is 0 Å². The third kappa shape index (κ3) is 3.98. The lowest BCUT2D eigenvalue weighted by atomic mass is 10.3. The lowest BCUT2D eigenvalue weighted by Gasteiger charge is -2.16. The minimum absolute atomic E-state index is 0.113. The zero-order valence-corrected chi connectivity index (χ0v) is 10.5. The molecule has 4 heteroatoms. The Kier molecular flexibility index (Phi) is 5.33. The van der Waals surface area contributed by atoms with E-state index in [9.17, 15) is 4.79 Å². The van der Waals surface area contributed by atoms with Gasteiger partial charge in [0.2, 0.25) is 0 Å². The van der Waals surface area contributed by atoms with Crippen molar-refractivity contribution in [2.45, 2.75) is 26.4 Å². The van der Waals surface area contributed by atoms with Gasteiger partial charge in [0.25, 0.3) is 5.91 Å². The van der Waals surface area contributed by atoms with Gasteiger partial charge in [-0.05, 0) is 25.5 Å². The Morgan fingerprint density at radius 3 is 2.59 bits per heavy atom. The van der Waals surface area contributed by atoms with Gasteiger partial charge in [-0.15, -0.1) is 0 Å². The highest BCUT2D eigenvalue weighted by molar-refractivity contribution is 5.80. The van der Waals surface area contributed by atoms with E-state index in [4.69, 9.17) is 9.47 Å². The van der Waals surface area contributed by atoms with Gasteiger partial charge in [0, 0.05) is 6.54 Å². The number of para-hydroxylation sites is 2. The van der Waals surface area contributed by atoms with E-state index in [-0.39, 0.29) is 5.91 Å². The lowest BCUT2D eigenvalue weighted by molar-refractivity contribution is -0.127. The fraction of sp³-hybridized carbons (Fsp3) is 0.462. The van der Waals surface area contributed by atoms with Crippen LogP contribution in [0.1, 0.15) is 20.3 Å². The van der Waals surface area contributed by atoms with Crippen molar-refractivity contribution < 1.29 is 14.3 Å². The second kappa shape index (κ2) is 6.78. The number of amides is 1. The van der Waals surface area contributed by atoms with E-state index in [1.807, 2.05) is 19.1 Å². The molecule has 1 unspecified atom stereocenters. The van der Waals surface area contributed by atoms with Crippen LogP contribution >= 0.6 is 0 Å². The largest absolute Gasteiger partial charge is 0.493 e. The van der Waals surface area contributed by atoms with Crippen LogP contribution in [0.15, 0.2) is 24.3 Å². The minimum atomic E-state index is -0.530. The van der Waals surface area contributed by atoms with Crippen LogP contribution in [-0.2, 0) is 4.79 Å². The van der Waals surface area contributed by atoms with Crippen LogP contribution in [0.2, 0.25) is 0 Å². The monoisotopic (exact) mass is 237 g/mol. The van der Waals surface area contributed by atoms with Gasteiger partial charge in [0.1, 0.15) is 0 Å². The van der Waals surface area contributed by atoms with Crippen molar-refractivity contribution in [3.8, 4) is 11.5 Å². The van der Waals surface area contributed by atoms with Gasteiger partial charge in [-0.2, -0.15) is 0 Å². The van der Waals surface area contributed by atoms with Crippen LogP contribution in [0.4, 0.5) is 0 Å². The molecular weight excluding hydrogens is 218 g/mol. The Bertz CT molecular complexity index is 365. The highest BCUT2D eigenvalue weighted by Gasteiger charge is 2.15. The minimum Gasteiger partial charge on any atom is -0.493 e. The van der Waals surface area contributed by atoms with Gasteiger partial charge in [-0.3, -0.25) is 4.79 Å². The van der Waals surface area contributed by atoms with Gasteiger partial charge in [-0.1, -0.05) is 19.1 Å². The number of ether oxygens (including phenoxy) is 2. The molecule has 1 aromatic carbocycles. The first-order chi connectivity index (χ1) is 8.19. The second-order valence-corrected chi connectivity index (χ2v) is 3.70. The molecule has 0 saturated heterocycles. The molecule has 0 aliphatic rings. The number of rotatable bonds is 6. The molecule has 1 aromatic rings. The Morgan fingerprint density at radius 1 is 1.35 bits per heavy atom. The van der Waals surface area contributed by atoms with Crippen molar-refractivity contribution in [2.24, 2.45) is 0 Å². The van der Waals surface area contributed by atoms with Gasteiger partial charge >= 0.3 is 0 Å². The quantitative estimate of drug-likeness (QED) is 0.823. The highest BCUT2D eigenvalue weighted by atomic mass is 16.5. The SMILES string of the molecule is CCCNC(=O)C(C)Oc1ccccc1OC. The molecule has 0 aliphatic heterocycles. The van der Waals surface area contributed by atoms with E-state index in [2.05, 4.69) is 5.32 Å². The third-order valence-corrected chi connectivity index (χ3v) is 2.29. The number of carbonyl (C=O) groups excluding carboxylic acids is 1. The van der Waals surface area contributed by atoms with Crippen molar-refractivity contribution in [3.05, 3.63) is 24.3 Å². The maximum Gasteiger partial charge on any atom is 0.260 e. The molecule has 0 aromatic heterocycles. The summed E-state index contributed by atoms with van der Waals surface area (Å²) < 4.78 is 10.7. The van der Waals surface area contributed by atoms with Crippen molar-refractivity contribution >= 4 is 5.91 Å². The summed E-state index contributed by atoms with van der Waals surface area (Å²) in [5, 5.41) is 2.79. The number of hydrogen-bond acceptors (Lipinski definition) is 3. The van der Waals surface area contributed by atoms with E-state index >= 15 is 0 Å². The van der Waals surface area contributed by atoms with E-state index in [0.717, 1.165) is 6.42 Å². The summed E-state index contributed by atoms with van der Waals surface area (Å²) in [4.78, 5) is 11.6. The van der Waals surface area contributed by atoms with Crippen LogP contribution in [-0.4, -0.2) is 25.7 Å². The van der Waals surface area contributed by atoms with E-state index < -0.39 is 6.10 Å². The Labute approximate surface area is 102 Å². The molecule has 0 fully saturated rings. The zero-order valence-electron chi connectivity index (χ0n) is 10.5. The maximum atomic E-state index is 11.6. The first-order valence-electron chi connectivity index (χ1n) is 5.76. The van der Waals surface area contributed by atoms with Crippen LogP contribution in [0.3, 0.4) is 0 Å². The Hall–Kier alpha value is -1.71. The molecule has 1 atom stereocenters. The summed E-state index contributed by atoms with van der Waals surface area (Å²) in [6.45, 7) is 4.39. The molecule has 94 valence electrons. The second-order valence-electron chi connectivity index (χ2n) is 3.70. The molecular formula is C13H19NO3. The van der Waals surface area contributed by atoms with Crippen molar-refractivity contribution in [2.75, 3.05) is 13.7 Å². The fourth-order valence-corrected chi connectivity index (χ4v) is 1.35. The average Bonchev–Trinajstić information content (AvgIpc) is 2.36. The first kappa shape index (κ1) is 13.4. The van der Waals surface area contributed by atoms with Crippen LogP contribution in [0.5, 0.6) is 11.5 Å². The standard InChI is InChI=1S/C13H19NO3/c1-4-9-14-13(15)10(2)17-12-8-6-5-7-11(12)16-3/h5-8,10H,4,9H2,1-3H3,(H,14,15). The van der Waals surface area contributed by atoms with Gasteiger partial charge < -0.3 is 14.8 Å². The van der Waals surface area contributed by atoms with Gasteiger partial charge in [0.05, 0.1) is 7.11 Å². The summed E-state index contributed by atoms with van der Waals surface area (Å²) in [5.74, 6) is 1.09. The fourth-order valence-electron chi connectivity index (χ4n) is 1.35. The van der Waals surface area contributed by atoms with Crippen LogP contribution < -0.4 is 14.8 Å². The van der Waals surface area contributed by atoms with Crippen LogP contribution in [0, 0.1) is 0 Å². The van der Waals surface area contributed by atoms with Crippen molar-refractivity contribution in [1.29, 1.82) is 0 Å². The first-order valence-corrected chi connectivity index (χ1v) is 5.76. The van der Waals surface area contributed by atoms with Crippen molar-refractivity contribution in [3.63, 3.8) is 0 Å². The summed E-state index contributed by atoms with van der Waals surface area (Å²) in [6.07, 6.45) is 0.380. The van der Waals surface area contributed by atoms with Crippen LogP contribution in [0.25, 0.3) is 0 Å². The van der Waals surface area contributed by atoms with Crippen molar-refractivity contribution in [1.82, 2.24) is 5.32 Å². The summed E-state index contributed by atoms with van der Waals surface area (Å²) >= 11 is 0. The molecule has 1 rings (SSSR count). The molecule has 0 aliphatic carbocycles. The molecule has 0 heterocycles. The predicted octanol–water partition coefficient (Wildman–Crippen LogP) is 1.99. The molecule has 0 radical (unpaired) electrons. The third-order valence-electron chi connectivity index (χ3n) is 2.29. The van der Waals surface area contributed by atoms with E-state index in [0.29, 0.717) is 18.0 Å². The molecule has 0 saturated carbocycles. The molecule has 4 nitrogen and oxygen atoms in total. The van der Waals surface area contributed by atoms with Gasteiger partial charge in [0.15, 0.2) is 17.6 Å². The number of benzene rings is 1. The topological polar surface area (TPSA) is 47.6 Å². The Balaban J connectivity index is 2.60. The average molecular weight is 237 g/mol. The number of nitrogens with one attached hydrogen (secondary N) is 1. The van der Waals surface area contributed by atoms with Gasteiger partial charge in [-0.25, -0.2) is 0 Å². The maximum absolute atomic E-state index is 11.6. The molecule has 0 spiro atoms. The summed E-state index contributed by atoms with van der Waals surface area (Å²) in [6, 6.07) is 7.27. The smallest absolute Gasteiger partial charge is 0.260 e. The number of carbonyl (C=O) groups is 1. The predicted molar refractivity (Wildman–Crippen MR) is 66.4 cm³/mol. The zero-order chi connectivity index (χ0) is 12.7. The normalized spacial score (nSPS) is 11.7. The van der Waals surface area contributed by atoms with E-state index in [1.54, 1.807) is 26.2 Å². The summed E-state index contributed by atoms with van der Waals surface area (Å²) in [5.41, 5.74) is 0. The molecule has 1 N–H and O–H groups in total. The number of hydrogen-bond donors (Lipinski definition) is 1. The summed E-state index contributed by atoms with van der Waals surface area (Å²) in [7, 11) is 1.57. The molecule has 17 heavy (non-hydrogen) atoms. The molecule has 0 bridgehead atoms. The number of methoxy groups -OCH3 is 1. The highest BCUT2D eigenvalue weighted by Crippen LogP contribution is 2.26. The molecule has 1 amide bonds.